The van der Waals surface area contributed by atoms with Crippen LogP contribution in [0.1, 0.15) is 13.8 Å². The Hall–Kier alpha value is -0.350. The Bertz CT molecular complexity index is 259. The molecule has 0 aromatic rings. The van der Waals surface area contributed by atoms with E-state index in [4.69, 9.17) is 18.7 Å². The summed E-state index contributed by atoms with van der Waals surface area (Å²) in [7, 11) is -3.47. The molecule has 0 aliphatic carbocycles. The maximum Gasteiger partial charge on any atom is 0.475 e. The second kappa shape index (κ2) is 4.03. The normalized spacial score (nSPS) is 24.4. The lowest BCUT2D eigenvalue weighted by atomic mass is 9.97. The van der Waals surface area contributed by atoms with Gasteiger partial charge in [-0.1, -0.05) is 20.4 Å². The Morgan fingerprint density at radius 1 is 1.57 bits per heavy atom. The van der Waals surface area contributed by atoms with Crippen LogP contribution in [0, 0.1) is 5.41 Å². The molecule has 6 heteroatoms. The van der Waals surface area contributed by atoms with E-state index in [0.717, 1.165) is 0 Å². The molecular weight excluding hydrogens is 207 g/mol. The molecule has 1 aliphatic rings. The summed E-state index contributed by atoms with van der Waals surface area (Å²) in [6.07, 6.45) is 0. The third-order valence-corrected chi connectivity index (χ3v) is 2.95. The molecule has 1 rings (SSSR count). The number of phosphoric acid groups is 1. The van der Waals surface area contributed by atoms with Gasteiger partial charge in [0, 0.05) is 5.41 Å². The molecule has 0 saturated carbocycles. The van der Waals surface area contributed by atoms with Crippen molar-refractivity contribution < 1.29 is 23.2 Å². The van der Waals surface area contributed by atoms with Crippen molar-refractivity contribution in [3.63, 3.8) is 0 Å². The second-order valence-corrected chi connectivity index (χ2v) is 5.67. The van der Waals surface area contributed by atoms with Crippen LogP contribution in [0.25, 0.3) is 0 Å². The van der Waals surface area contributed by atoms with E-state index in [0.29, 0.717) is 13.2 Å². The van der Waals surface area contributed by atoms with Crippen LogP contribution in [0.3, 0.4) is 0 Å². The van der Waals surface area contributed by atoms with Crippen molar-refractivity contribution in [1.82, 2.24) is 0 Å². The Labute approximate surface area is 83.3 Å². The van der Waals surface area contributed by atoms with Gasteiger partial charge >= 0.3 is 7.82 Å². The highest BCUT2D eigenvalue weighted by molar-refractivity contribution is 7.48. The van der Waals surface area contributed by atoms with E-state index in [1.807, 2.05) is 13.8 Å². The van der Waals surface area contributed by atoms with Gasteiger partial charge in [0.15, 0.2) is 0 Å². The van der Waals surface area contributed by atoms with Crippen LogP contribution in [0.4, 0.5) is 0 Å². The van der Waals surface area contributed by atoms with Gasteiger partial charge in [-0.05, 0) is 0 Å². The van der Waals surface area contributed by atoms with Gasteiger partial charge in [0.2, 0.25) is 0 Å². The molecule has 1 fully saturated rings. The maximum atomic E-state index is 11.6. The summed E-state index contributed by atoms with van der Waals surface area (Å²) in [5, 5.41) is 8.75. The molecule has 14 heavy (non-hydrogen) atoms. The van der Waals surface area contributed by atoms with Crippen molar-refractivity contribution in [2.45, 2.75) is 13.8 Å². The average Bonchev–Trinajstić information content (AvgIpc) is 2.08. The molecular formula is C8H15O5P. The van der Waals surface area contributed by atoms with Crippen molar-refractivity contribution in [2.75, 3.05) is 19.8 Å². The van der Waals surface area contributed by atoms with Gasteiger partial charge < -0.3 is 5.11 Å². The lowest BCUT2D eigenvalue weighted by Crippen LogP contribution is -2.29. The van der Waals surface area contributed by atoms with Gasteiger partial charge in [-0.2, -0.15) is 0 Å². The second-order valence-electron chi connectivity index (χ2n) is 4.00. The van der Waals surface area contributed by atoms with Crippen LogP contribution in [0.15, 0.2) is 12.3 Å². The van der Waals surface area contributed by atoms with Crippen molar-refractivity contribution in [1.29, 1.82) is 0 Å². The summed E-state index contributed by atoms with van der Waals surface area (Å²) < 4.78 is 26.4. The molecule has 1 aliphatic heterocycles. The highest BCUT2D eigenvalue weighted by Crippen LogP contribution is 2.54. The summed E-state index contributed by atoms with van der Waals surface area (Å²) in [5.41, 5.74) is -0.159. The van der Waals surface area contributed by atoms with Gasteiger partial charge in [-0.3, -0.25) is 13.6 Å². The predicted molar refractivity (Wildman–Crippen MR) is 51.0 cm³/mol. The average molecular weight is 222 g/mol. The Balaban J connectivity index is 2.46. The minimum atomic E-state index is -3.47. The molecule has 5 nitrogen and oxygen atoms in total. The smallest absolute Gasteiger partial charge is 0.475 e. The van der Waals surface area contributed by atoms with Crippen LogP contribution >= 0.6 is 7.82 Å². The number of rotatable bonds is 3. The Morgan fingerprint density at radius 2 is 2.07 bits per heavy atom. The standard InChI is InChI=1S/C8H15O5P/c1-7(9)4-11-14(10)12-5-8(2,3)6-13-14/h9H,1,4-6H2,2-3H3. The molecule has 1 heterocycles. The molecule has 0 aromatic heterocycles. The first-order valence-corrected chi connectivity index (χ1v) is 5.69. The van der Waals surface area contributed by atoms with Crippen molar-refractivity contribution in [3.05, 3.63) is 12.3 Å². The third kappa shape index (κ3) is 3.42. The first-order valence-electron chi connectivity index (χ1n) is 4.23. The fourth-order valence-corrected chi connectivity index (χ4v) is 2.36. The van der Waals surface area contributed by atoms with Crippen LogP contribution in [-0.2, 0) is 18.1 Å². The molecule has 82 valence electrons. The summed E-state index contributed by atoms with van der Waals surface area (Å²) in [6.45, 7) is 7.44. The zero-order valence-electron chi connectivity index (χ0n) is 8.36. The highest BCUT2D eigenvalue weighted by Gasteiger charge is 2.38. The van der Waals surface area contributed by atoms with E-state index >= 15 is 0 Å². The van der Waals surface area contributed by atoms with Gasteiger partial charge in [0.25, 0.3) is 0 Å². The molecule has 0 radical (unpaired) electrons. The Morgan fingerprint density at radius 3 is 2.50 bits per heavy atom. The number of aliphatic hydroxyl groups is 1. The van der Waals surface area contributed by atoms with Crippen molar-refractivity contribution in [3.8, 4) is 0 Å². The fourth-order valence-electron chi connectivity index (χ4n) is 0.815. The quantitative estimate of drug-likeness (QED) is 0.586. The topological polar surface area (TPSA) is 65.0 Å². The van der Waals surface area contributed by atoms with E-state index in [1.165, 1.54) is 0 Å². The van der Waals surface area contributed by atoms with Gasteiger partial charge in [-0.25, -0.2) is 4.57 Å². The molecule has 1 N–H and O–H groups in total. The van der Waals surface area contributed by atoms with Crippen LogP contribution in [-0.4, -0.2) is 24.9 Å². The van der Waals surface area contributed by atoms with Crippen molar-refractivity contribution >= 4 is 7.82 Å². The first kappa shape index (κ1) is 11.7. The third-order valence-electron chi connectivity index (χ3n) is 1.62. The number of hydrogen-bond acceptors (Lipinski definition) is 5. The number of phosphoric ester groups is 1. The fraction of sp³-hybridized carbons (Fsp3) is 0.750. The molecule has 0 aromatic carbocycles. The maximum absolute atomic E-state index is 11.6. The molecule has 0 unspecified atom stereocenters. The first-order chi connectivity index (χ1) is 6.33. The number of hydrogen-bond donors (Lipinski definition) is 1. The highest BCUT2D eigenvalue weighted by atomic mass is 31.2. The molecule has 1 saturated heterocycles. The number of aliphatic hydroxyl groups excluding tert-OH is 1. The Kier molecular flexibility index (Phi) is 3.37. The summed E-state index contributed by atoms with van der Waals surface area (Å²) in [6, 6.07) is 0. The van der Waals surface area contributed by atoms with E-state index in [-0.39, 0.29) is 17.8 Å². The molecule has 0 atom stereocenters. The SMILES string of the molecule is C=C(O)COP1(=O)OCC(C)(C)CO1. The van der Waals surface area contributed by atoms with Gasteiger partial charge in [-0.15, -0.1) is 0 Å². The van der Waals surface area contributed by atoms with Gasteiger partial charge in [0.05, 0.1) is 13.2 Å². The molecule has 0 amide bonds. The monoisotopic (exact) mass is 222 g/mol. The van der Waals surface area contributed by atoms with E-state index < -0.39 is 7.82 Å². The zero-order chi connectivity index (χ0) is 10.8. The summed E-state index contributed by atoms with van der Waals surface area (Å²) in [5.74, 6) is -0.211. The van der Waals surface area contributed by atoms with Crippen molar-refractivity contribution in [2.24, 2.45) is 5.41 Å². The minimum Gasteiger partial charge on any atom is -0.510 e. The van der Waals surface area contributed by atoms with Gasteiger partial charge in [0.1, 0.15) is 12.4 Å². The summed E-state index contributed by atoms with van der Waals surface area (Å²) >= 11 is 0. The van der Waals surface area contributed by atoms with E-state index in [2.05, 4.69) is 6.58 Å². The summed E-state index contributed by atoms with van der Waals surface area (Å²) in [4.78, 5) is 0. The lowest BCUT2D eigenvalue weighted by Gasteiger charge is -2.32. The van der Waals surface area contributed by atoms with E-state index in [1.54, 1.807) is 0 Å². The molecule has 0 spiro atoms. The van der Waals surface area contributed by atoms with Crippen LogP contribution < -0.4 is 0 Å². The zero-order valence-corrected chi connectivity index (χ0v) is 9.25. The minimum absolute atomic E-state index is 0.159. The molecule has 0 bridgehead atoms. The van der Waals surface area contributed by atoms with E-state index in [9.17, 15) is 4.57 Å². The van der Waals surface area contributed by atoms with Crippen LogP contribution in [0.5, 0.6) is 0 Å². The lowest BCUT2D eigenvalue weighted by molar-refractivity contribution is 0.00154. The van der Waals surface area contributed by atoms with Crippen LogP contribution in [0.2, 0.25) is 0 Å². The largest absolute Gasteiger partial charge is 0.510 e. The predicted octanol–water partition coefficient (Wildman–Crippen LogP) is 2.26.